The number of sulfonamides is 1. The Kier molecular flexibility index (Phi) is 3.48. The van der Waals surface area contributed by atoms with Gasteiger partial charge in [0.1, 0.15) is 9.96 Å². The van der Waals surface area contributed by atoms with E-state index in [0.29, 0.717) is 22.7 Å². The van der Waals surface area contributed by atoms with Gasteiger partial charge in [0, 0.05) is 5.56 Å². The van der Waals surface area contributed by atoms with Crippen LogP contribution in [-0.4, -0.2) is 27.2 Å². The molecule has 0 bridgehead atoms. The number of benzene rings is 1. The number of rotatable bonds is 3. The van der Waals surface area contributed by atoms with E-state index in [1.807, 2.05) is 0 Å². The molecule has 0 unspecified atom stereocenters. The van der Waals surface area contributed by atoms with Crippen LogP contribution in [-0.2, 0) is 10.0 Å². The summed E-state index contributed by atoms with van der Waals surface area (Å²) in [5.41, 5.74) is 1.41. The summed E-state index contributed by atoms with van der Waals surface area (Å²) in [5.74, 6) is 0.638. The van der Waals surface area contributed by atoms with Gasteiger partial charge in [0.25, 0.3) is 10.0 Å². The van der Waals surface area contributed by atoms with Gasteiger partial charge < -0.3 is 9.84 Å². The molecule has 0 aliphatic carbocycles. The van der Waals surface area contributed by atoms with Crippen molar-refractivity contribution in [1.29, 1.82) is 0 Å². The predicted molar refractivity (Wildman–Crippen MR) is 82.0 cm³/mol. The van der Waals surface area contributed by atoms with E-state index >= 15 is 0 Å². The van der Waals surface area contributed by atoms with E-state index in [-0.39, 0.29) is 10.8 Å². The van der Waals surface area contributed by atoms with Crippen LogP contribution in [0.5, 0.6) is 5.75 Å². The number of methoxy groups -OCH3 is 1. The van der Waals surface area contributed by atoms with Crippen molar-refractivity contribution in [1.82, 2.24) is 0 Å². The summed E-state index contributed by atoms with van der Waals surface area (Å²) in [6.07, 6.45) is 1.69. The summed E-state index contributed by atoms with van der Waals surface area (Å²) < 4.78 is 32.0. The maximum Gasteiger partial charge on any atom is 0.278 e. The monoisotopic (exact) mass is 323 g/mol. The molecule has 3 rings (SSSR count). The molecule has 0 amide bonds. The highest BCUT2D eigenvalue weighted by molar-refractivity contribution is 7.95. The number of nitrogens with zero attached hydrogens (tertiary/aromatic N) is 1. The van der Waals surface area contributed by atoms with Gasteiger partial charge in [0.15, 0.2) is 0 Å². The van der Waals surface area contributed by atoms with Crippen molar-refractivity contribution < 1.29 is 18.3 Å². The number of aliphatic hydroxyl groups excluding tert-OH is 1. The number of thiophene rings is 1. The highest BCUT2D eigenvalue weighted by Gasteiger charge is 2.34. The molecule has 0 atom stereocenters. The van der Waals surface area contributed by atoms with E-state index < -0.39 is 10.0 Å². The molecule has 110 valence electrons. The van der Waals surface area contributed by atoms with Gasteiger partial charge in [-0.1, -0.05) is 0 Å². The molecule has 1 aliphatic heterocycles. The average molecular weight is 323 g/mol. The number of anilines is 1. The van der Waals surface area contributed by atoms with E-state index in [9.17, 15) is 13.5 Å². The van der Waals surface area contributed by atoms with Gasteiger partial charge in [-0.2, -0.15) is 8.42 Å². The number of ether oxygens (including phenoxy) is 1. The first kappa shape index (κ1) is 14.1. The van der Waals surface area contributed by atoms with Gasteiger partial charge in [-0.3, -0.25) is 0 Å². The summed E-state index contributed by atoms with van der Waals surface area (Å²) >= 11 is 1.17. The second-order valence-electron chi connectivity index (χ2n) is 4.42. The van der Waals surface area contributed by atoms with Crippen molar-refractivity contribution in [2.45, 2.75) is 4.21 Å². The van der Waals surface area contributed by atoms with Crippen LogP contribution in [0.2, 0.25) is 0 Å². The second kappa shape index (κ2) is 5.18. The van der Waals surface area contributed by atoms with E-state index in [0.717, 1.165) is 0 Å². The molecule has 21 heavy (non-hydrogen) atoms. The molecule has 1 N–H and O–H groups in total. The molecule has 0 fully saturated rings. The molecule has 0 radical (unpaired) electrons. The maximum atomic E-state index is 12.7. The first-order valence-corrected chi connectivity index (χ1v) is 8.48. The standard InChI is InChI=1S/C14H13NO4S2/c1-19-13-4-2-11(3-5-13)15-12(9-16)8-10-6-7-20-14(10)21(15,17)18/h2-8,16H,9H2,1H3. The Bertz CT molecular complexity index is 791. The third-order valence-corrected chi connectivity index (χ3v) is 6.46. The zero-order chi connectivity index (χ0) is 15.0. The molecule has 1 aromatic heterocycles. The van der Waals surface area contributed by atoms with Crippen molar-refractivity contribution >= 4 is 33.1 Å². The Balaban J connectivity index is 2.16. The zero-order valence-electron chi connectivity index (χ0n) is 11.2. The normalized spacial score (nSPS) is 16.3. The average Bonchev–Trinajstić information content (AvgIpc) is 2.96. The summed E-state index contributed by atoms with van der Waals surface area (Å²) in [4.78, 5) is 0. The summed E-state index contributed by atoms with van der Waals surface area (Å²) in [6.45, 7) is -0.361. The number of aliphatic hydroxyl groups is 1. The van der Waals surface area contributed by atoms with Crippen LogP contribution in [0, 0.1) is 0 Å². The molecule has 0 saturated heterocycles. The van der Waals surface area contributed by atoms with Crippen molar-refractivity contribution in [3.63, 3.8) is 0 Å². The molecule has 7 heteroatoms. The van der Waals surface area contributed by atoms with Crippen LogP contribution in [0.4, 0.5) is 5.69 Å². The lowest BCUT2D eigenvalue weighted by molar-refractivity contribution is 0.330. The number of fused-ring (bicyclic) bond motifs is 1. The van der Waals surface area contributed by atoms with Crippen molar-refractivity contribution in [2.24, 2.45) is 0 Å². The van der Waals surface area contributed by atoms with E-state index in [4.69, 9.17) is 4.74 Å². The Morgan fingerprint density at radius 2 is 1.95 bits per heavy atom. The van der Waals surface area contributed by atoms with Crippen LogP contribution < -0.4 is 9.04 Å². The topological polar surface area (TPSA) is 66.8 Å². The zero-order valence-corrected chi connectivity index (χ0v) is 12.8. The fourth-order valence-electron chi connectivity index (χ4n) is 2.23. The molecule has 2 heterocycles. The Morgan fingerprint density at radius 1 is 1.24 bits per heavy atom. The molecule has 1 aliphatic rings. The third kappa shape index (κ3) is 2.23. The minimum atomic E-state index is -3.69. The molecule has 0 saturated carbocycles. The van der Waals surface area contributed by atoms with Crippen LogP contribution in [0.1, 0.15) is 5.56 Å². The van der Waals surface area contributed by atoms with Crippen molar-refractivity contribution in [3.8, 4) is 5.75 Å². The minimum Gasteiger partial charge on any atom is -0.497 e. The molecular weight excluding hydrogens is 310 g/mol. The van der Waals surface area contributed by atoms with Crippen molar-refractivity contribution in [3.05, 3.63) is 47.0 Å². The quantitative estimate of drug-likeness (QED) is 0.941. The Labute approximate surface area is 126 Å². The van der Waals surface area contributed by atoms with Crippen LogP contribution in [0.3, 0.4) is 0 Å². The van der Waals surface area contributed by atoms with Crippen LogP contribution in [0.15, 0.2) is 45.6 Å². The fourth-order valence-corrected chi connectivity index (χ4v) is 5.12. The highest BCUT2D eigenvalue weighted by Crippen LogP contribution is 2.38. The smallest absolute Gasteiger partial charge is 0.278 e. The summed E-state index contributed by atoms with van der Waals surface area (Å²) in [7, 11) is -2.15. The van der Waals surface area contributed by atoms with Gasteiger partial charge in [0.05, 0.1) is 25.1 Å². The maximum absolute atomic E-state index is 12.7. The lowest BCUT2D eigenvalue weighted by Gasteiger charge is -2.28. The third-order valence-electron chi connectivity index (χ3n) is 3.18. The van der Waals surface area contributed by atoms with E-state index in [2.05, 4.69) is 0 Å². The first-order chi connectivity index (χ1) is 10.1. The largest absolute Gasteiger partial charge is 0.497 e. The minimum absolute atomic E-state index is 0.288. The number of hydrogen-bond donors (Lipinski definition) is 1. The first-order valence-electron chi connectivity index (χ1n) is 6.16. The van der Waals surface area contributed by atoms with Gasteiger partial charge in [-0.15, -0.1) is 11.3 Å². The summed E-state index contributed by atoms with van der Waals surface area (Å²) in [5, 5.41) is 11.3. The summed E-state index contributed by atoms with van der Waals surface area (Å²) in [6, 6.07) is 8.41. The van der Waals surface area contributed by atoms with Crippen LogP contribution >= 0.6 is 11.3 Å². The molecule has 1 aromatic carbocycles. The molecule has 2 aromatic rings. The molecule has 0 spiro atoms. The van der Waals surface area contributed by atoms with E-state index in [1.165, 1.54) is 15.6 Å². The fraction of sp³-hybridized carbons (Fsp3) is 0.143. The second-order valence-corrected chi connectivity index (χ2v) is 7.32. The van der Waals surface area contributed by atoms with Gasteiger partial charge in [-0.25, -0.2) is 4.31 Å². The van der Waals surface area contributed by atoms with Gasteiger partial charge >= 0.3 is 0 Å². The van der Waals surface area contributed by atoms with E-state index in [1.54, 1.807) is 48.9 Å². The van der Waals surface area contributed by atoms with Crippen molar-refractivity contribution in [2.75, 3.05) is 18.0 Å². The van der Waals surface area contributed by atoms with Crippen LogP contribution in [0.25, 0.3) is 6.08 Å². The predicted octanol–water partition coefficient (Wildman–Crippen LogP) is 2.30. The molecular formula is C14H13NO4S2. The Morgan fingerprint density at radius 3 is 2.57 bits per heavy atom. The number of hydrogen-bond acceptors (Lipinski definition) is 5. The van der Waals surface area contributed by atoms with Gasteiger partial charge in [0.2, 0.25) is 0 Å². The lowest BCUT2D eigenvalue weighted by Crippen LogP contribution is -2.33. The highest BCUT2D eigenvalue weighted by atomic mass is 32.2. The van der Waals surface area contributed by atoms with Gasteiger partial charge in [-0.05, 0) is 41.8 Å². The Hall–Kier alpha value is -1.83. The SMILES string of the molecule is COc1ccc(N2C(CO)=Cc3ccsc3S2(=O)=O)cc1. The lowest BCUT2D eigenvalue weighted by atomic mass is 10.2. The molecule has 5 nitrogen and oxygen atoms in total.